The quantitative estimate of drug-likeness (QED) is 0.735. The predicted octanol–water partition coefficient (Wildman–Crippen LogP) is 0.724. The number of anilines is 2. The minimum absolute atomic E-state index is 0.771. The van der Waals surface area contributed by atoms with Gasteiger partial charge in [-0.25, -0.2) is 4.98 Å². The Balaban J connectivity index is 2.12. The second-order valence-electron chi connectivity index (χ2n) is 4.19. The van der Waals surface area contributed by atoms with E-state index in [-0.39, 0.29) is 0 Å². The molecule has 0 aliphatic carbocycles. The van der Waals surface area contributed by atoms with Crippen molar-refractivity contribution < 1.29 is 0 Å². The van der Waals surface area contributed by atoms with Crippen molar-refractivity contribution in [3.8, 4) is 0 Å². The zero-order valence-corrected chi connectivity index (χ0v) is 9.40. The van der Waals surface area contributed by atoms with Crippen molar-refractivity contribution in [1.29, 1.82) is 0 Å². The van der Waals surface area contributed by atoms with Crippen LogP contribution in [0.5, 0.6) is 0 Å². The van der Waals surface area contributed by atoms with Crippen LogP contribution >= 0.6 is 0 Å². The third-order valence-corrected chi connectivity index (χ3v) is 2.96. The van der Waals surface area contributed by atoms with Crippen LogP contribution in [0.15, 0.2) is 12.3 Å². The van der Waals surface area contributed by atoms with Gasteiger partial charge in [0.1, 0.15) is 5.82 Å². The SMILES string of the molecule is Cc1cc(N2CCN(C)CC2)ncc1N. The number of nitrogens with zero attached hydrogens (tertiary/aromatic N) is 3. The first-order valence-corrected chi connectivity index (χ1v) is 5.32. The molecule has 2 heterocycles. The summed E-state index contributed by atoms with van der Waals surface area (Å²) in [6, 6.07) is 2.07. The Hall–Kier alpha value is -1.29. The molecule has 2 rings (SSSR count). The molecule has 0 amide bonds. The number of nitrogen functional groups attached to an aromatic ring is 1. The molecule has 1 saturated heterocycles. The average Bonchev–Trinajstić information content (AvgIpc) is 2.23. The lowest BCUT2D eigenvalue weighted by molar-refractivity contribution is 0.312. The zero-order valence-electron chi connectivity index (χ0n) is 9.40. The third kappa shape index (κ3) is 2.21. The molecule has 1 aliphatic rings. The van der Waals surface area contributed by atoms with Crippen LogP contribution in [-0.2, 0) is 0 Å². The van der Waals surface area contributed by atoms with Crippen molar-refractivity contribution in [2.24, 2.45) is 0 Å². The average molecular weight is 206 g/mol. The van der Waals surface area contributed by atoms with Gasteiger partial charge in [-0.2, -0.15) is 0 Å². The fourth-order valence-electron chi connectivity index (χ4n) is 1.76. The highest BCUT2D eigenvalue weighted by atomic mass is 15.3. The molecule has 2 N–H and O–H groups in total. The number of pyridine rings is 1. The number of aromatic nitrogens is 1. The van der Waals surface area contributed by atoms with E-state index in [1.54, 1.807) is 6.20 Å². The number of likely N-dealkylation sites (N-methyl/N-ethyl adjacent to an activating group) is 1. The molecule has 1 aromatic rings. The summed E-state index contributed by atoms with van der Waals surface area (Å²) in [7, 11) is 2.15. The van der Waals surface area contributed by atoms with Crippen molar-refractivity contribution in [2.75, 3.05) is 43.9 Å². The summed E-state index contributed by atoms with van der Waals surface area (Å²) in [5.74, 6) is 1.05. The van der Waals surface area contributed by atoms with E-state index in [0.717, 1.165) is 43.2 Å². The maximum absolute atomic E-state index is 5.75. The number of hydrogen-bond acceptors (Lipinski definition) is 4. The van der Waals surface area contributed by atoms with E-state index in [1.807, 2.05) is 6.92 Å². The second-order valence-corrected chi connectivity index (χ2v) is 4.19. The Morgan fingerprint density at radius 3 is 2.53 bits per heavy atom. The standard InChI is InChI=1S/C11H18N4/c1-9-7-11(13-8-10(9)12)15-5-3-14(2)4-6-15/h7-8H,3-6,12H2,1-2H3. The lowest BCUT2D eigenvalue weighted by Crippen LogP contribution is -2.44. The first-order valence-electron chi connectivity index (χ1n) is 5.32. The Morgan fingerprint density at radius 2 is 1.93 bits per heavy atom. The molecule has 82 valence electrons. The molecule has 1 aromatic heterocycles. The van der Waals surface area contributed by atoms with Crippen molar-refractivity contribution in [3.05, 3.63) is 17.8 Å². The second kappa shape index (κ2) is 4.06. The Bertz CT molecular complexity index is 342. The molecule has 0 atom stereocenters. The minimum Gasteiger partial charge on any atom is -0.397 e. The third-order valence-electron chi connectivity index (χ3n) is 2.96. The van der Waals surface area contributed by atoms with Gasteiger partial charge in [-0.3, -0.25) is 0 Å². The number of rotatable bonds is 1. The maximum atomic E-state index is 5.75. The molecule has 4 nitrogen and oxygen atoms in total. The topological polar surface area (TPSA) is 45.4 Å². The first kappa shape index (κ1) is 10.2. The van der Waals surface area contributed by atoms with E-state index in [1.165, 1.54) is 0 Å². The van der Waals surface area contributed by atoms with Crippen molar-refractivity contribution in [3.63, 3.8) is 0 Å². The molecule has 1 aliphatic heterocycles. The van der Waals surface area contributed by atoms with Crippen LogP contribution in [0.4, 0.5) is 11.5 Å². The fraction of sp³-hybridized carbons (Fsp3) is 0.545. The normalized spacial score (nSPS) is 18.1. The summed E-state index contributed by atoms with van der Waals surface area (Å²) in [6.45, 7) is 6.33. The van der Waals surface area contributed by atoms with Crippen LogP contribution < -0.4 is 10.6 Å². The zero-order chi connectivity index (χ0) is 10.8. The highest BCUT2D eigenvalue weighted by molar-refractivity contribution is 5.52. The number of hydrogen-bond donors (Lipinski definition) is 1. The van der Waals surface area contributed by atoms with Gasteiger partial charge in [-0.05, 0) is 25.6 Å². The van der Waals surface area contributed by atoms with E-state index >= 15 is 0 Å². The van der Waals surface area contributed by atoms with E-state index < -0.39 is 0 Å². The fourth-order valence-corrected chi connectivity index (χ4v) is 1.76. The highest BCUT2D eigenvalue weighted by Gasteiger charge is 2.15. The smallest absolute Gasteiger partial charge is 0.128 e. The molecule has 0 unspecified atom stereocenters. The van der Waals surface area contributed by atoms with Gasteiger partial charge in [0, 0.05) is 26.2 Å². The van der Waals surface area contributed by atoms with E-state index in [0.29, 0.717) is 0 Å². The first-order chi connectivity index (χ1) is 7.16. The van der Waals surface area contributed by atoms with E-state index in [2.05, 4.69) is 27.9 Å². The van der Waals surface area contributed by atoms with Crippen LogP contribution in [0, 0.1) is 6.92 Å². The molecular formula is C11H18N4. The lowest BCUT2D eigenvalue weighted by atomic mass is 10.2. The largest absolute Gasteiger partial charge is 0.397 e. The summed E-state index contributed by atoms with van der Waals surface area (Å²) in [4.78, 5) is 9.02. The monoisotopic (exact) mass is 206 g/mol. The molecule has 0 spiro atoms. The van der Waals surface area contributed by atoms with Crippen molar-refractivity contribution in [1.82, 2.24) is 9.88 Å². The Labute approximate surface area is 90.7 Å². The van der Waals surface area contributed by atoms with Crippen molar-refractivity contribution in [2.45, 2.75) is 6.92 Å². The Morgan fingerprint density at radius 1 is 1.27 bits per heavy atom. The molecule has 0 aromatic carbocycles. The van der Waals surface area contributed by atoms with Crippen molar-refractivity contribution >= 4 is 11.5 Å². The van der Waals surface area contributed by atoms with E-state index in [9.17, 15) is 0 Å². The van der Waals surface area contributed by atoms with Gasteiger partial charge in [0.25, 0.3) is 0 Å². The van der Waals surface area contributed by atoms with Gasteiger partial charge < -0.3 is 15.5 Å². The molecule has 0 bridgehead atoms. The summed E-state index contributed by atoms with van der Waals surface area (Å²) in [6.07, 6.45) is 1.75. The predicted molar refractivity (Wildman–Crippen MR) is 63.1 cm³/mol. The lowest BCUT2D eigenvalue weighted by Gasteiger charge is -2.33. The molecule has 0 saturated carbocycles. The number of nitrogens with two attached hydrogens (primary N) is 1. The highest BCUT2D eigenvalue weighted by Crippen LogP contribution is 2.18. The van der Waals surface area contributed by atoms with Gasteiger partial charge in [-0.1, -0.05) is 0 Å². The van der Waals surface area contributed by atoms with Crippen LogP contribution in [0.3, 0.4) is 0 Å². The molecule has 15 heavy (non-hydrogen) atoms. The maximum Gasteiger partial charge on any atom is 0.128 e. The summed E-state index contributed by atoms with van der Waals surface area (Å²) in [5, 5.41) is 0. The van der Waals surface area contributed by atoms with Gasteiger partial charge in [0.2, 0.25) is 0 Å². The van der Waals surface area contributed by atoms with Crippen LogP contribution in [0.25, 0.3) is 0 Å². The number of aryl methyl sites for hydroxylation is 1. The summed E-state index contributed by atoms with van der Waals surface area (Å²) < 4.78 is 0. The summed E-state index contributed by atoms with van der Waals surface area (Å²) >= 11 is 0. The van der Waals surface area contributed by atoms with E-state index in [4.69, 9.17) is 5.73 Å². The van der Waals surface area contributed by atoms with Gasteiger partial charge in [0.05, 0.1) is 11.9 Å². The molecule has 4 heteroatoms. The van der Waals surface area contributed by atoms with Gasteiger partial charge in [-0.15, -0.1) is 0 Å². The molecule has 1 fully saturated rings. The van der Waals surface area contributed by atoms with Crippen LogP contribution in [0.2, 0.25) is 0 Å². The molecule has 0 radical (unpaired) electrons. The van der Waals surface area contributed by atoms with Gasteiger partial charge >= 0.3 is 0 Å². The molecular weight excluding hydrogens is 188 g/mol. The Kier molecular flexibility index (Phi) is 2.77. The minimum atomic E-state index is 0.771. The van der Waals surface area contributed by atoms with Crippen LogP contribution in [0.1, 0.15) is 5.56 Å². The summed E-state index contributed by atoms with van der Waals surface area (Å²) in [5.41, 5.74) is 7.63. The van der Waals surface area contributed by atoms with Crippen LogP contribution in [-0.4, -0.2) is 43.1 Å². The van der Waals surface area contributed by atoms with Gasteiger partial charge in [0.15, 0.2) is 0 Å². The number of piperazine rings is 1.